The fourth-order valence-electron chi connectivity index (χ4n) is 2.19. The van der Waals surface area contributed by atoms with Crippen molar-refractivity contribution in [3.8, 4) is 0 Å². The van der Waals surface area contributed by atoms with Gasteiger partial charge >= 0.3 is 0 Å². The Bertz CT molecular complexity index is 619. The quantitative estimate of drug-likeness (QED) is 0.786. The zero-order valence-corrected chi connectivity index (χ0v) is 11.8. The standard InChI is InChI=1S/C16H15NO2S/c18-16(9-8-13-5-3-11-19-13)17-10-4-12-20-15-7-2-1-6-14(15)17/h1-3,5-9,11H,4,10,12H2. The van der Waals surface area contributed by atoms with Crippen LogP contribution in [0.4, 0.5) is 5.69 Å². The van der Waals surface area contributed by atoms with Crippen LogP contribution >= 0.6 is 11.8 Å². The third-order valence-electron chi connectivity index (χ3n) is 3.14. The maximum atomic E-state index is 12.4. The van der Waals surface area contributed by atoms with Gasteiger partial charge in [0.05, 0.1) is 12.0 Å². The molecule has 1 aliphatic heterocycles. The maximum Gasteiger partial charge on any atom is 0.251 e. The van der Waals surface area contributed by atoms with Crippen LogP contribution < -0.4 is 4.90 Å². The highest BCUT2D eigenvalue weighted by molar-refractivity contribution is 7.99. The van der Waals surface area contributed by atoms with Gasteiger partial charge in [0.2, 0.25) is 0 Å². The number of benzene rings is 1. The van der Waals surface area contributed by atoms with E-state index >= 15 is 0 Å². The summed E-state index contributed by atoms with van der Waals surface area (Å²) < 4.78 is 5.20. The number of para-hydroxylation sites is 1. The van der Waals surface area contributed by atoms with Gasteiger partial charge in [-0.1, -0.05) is 12.1 Å². The van der Waals surface area contributed by atoms with Gasteiger partial charge in [-0.15, -0.1) is 11.8 Å². The lowest BCUT2D eigenvalue weighted by molar-refractivity contribution is -0.114. The van der Waals surface area contributed by atoms with Crippen molar-refractivity contribution >= 4 is 29.4 Å². The third-order valence-corrected chi connectivity index (χ3v) is 4.29. The van der Waals surface area contributed by atoms with Gasteiger partial charge in [0, 0.05) is 17.5 Å². The minimum absolute atomic E-state index is 0.00338. The molecule has 20 heavy (non-hydrogen) atoms. The maximum absolute atomic E-state index is 12.4. The number of fused-ring (bicyclic) bond motifs is 1. The molecule has 3 rings (SSSR count). The second-order valence-corrected chi connectivity index (χ2v) is 5.65. The van der Waals surface area contributed by atoms with E-state index in [9.17, 15) is 4.79 Å². The Morgan fingerprint density at radius 2 is 2.15 bits per heavy atom. The highest BCUT2D eigenvalue weighted by atomic mass is 32.2. The Morgan fingerprint density at radius 3 is 3.00 bits per heavy atom. The number of nitrogens with zero attached hydrogens (tertiary/aromatic N) is 1. The summed E-state index contributed by atoms with van der Waals surface area (Å²) in [6.45, 7) is 0.755. The molecular weight excluding hydrogens is 270 g/mol. The normalized spacial score (nSPS) is 15.1. The van der Waals surface area contributed by atoms with E-state index in [1.165, 1.54) is 4.90 Å². The molecule has 0 fully saturated rings. The molecular formula is C16H15NO2S. The lowest BCUT2D eigenvalue weighted by Crippen LogP contribution is -2.30. The molecule has 1 aromatic heterocycles. The van der Waals surface area contributed by atoms with Crippen LogP contribution in [-0.4, -0.2) is 18.2 Å². The minimum Gasteiger partial charge on any atom is -0.465 e. The first kappa shape index (κ1) is 13.1. The smallest absolute Gasteiger partial charge is 0.251 e. The number of anilines is 1. The van der Waals surface area contributed by atoms with Crippen LogP contribution in [-0.2, 0) is 4.79 Å². The van der Waals surface area contributed by atoms with Crippen molar-refractivity contribution in [1.82, 2.24) is 0 Å². The Balaban J connectivity index is 1.84. The first-order valence-electron chi connectivity index (χ1n) is 6.59. The van der Waals surface area contributed by atoms with Crippen LogP contribution in [0, 0.1) is 0 Å². The predicted octanol–water partition coefficient (Wildman–Crippen LogP) is 3.82. The summed E-state index contributed by atoms with van der Waals surface area (Å²) >= 11 is 1.81. The zero-order valence-electron chi connectivity index (χ0n) is 11.0. The van der Waals surface area contributed by atoms with Gasteiger partial charge in [0.15, 0.2) is 0 Å². The summed E-state index contributed by atoms with van der Waals surface area (Å²) in [5.74, 6) is 1.73. The van der Waals surface area contributed by atoms with Crippen LogP contribution in [0.3, 0.4) is 0 Å². The molecule has 2 heterocycles. The van der Waals surface area contributed by atoms with Gasteiger partial charge in [-0.05, 0) is 42.5 Å². The number of amides is 1. The average Bonchev–Trinajstić information content (AvgIpc) is 2.90. The summed E-state index contributed by atoms with van der Waals surface area (Å²) in [4.78, 5) is 15.4. The Hall–Kier alpha value is -1.94. The number of carbonyl (C=O) groups excluding carboxylic acids is 1. The second-order valence-electron chi connectivity index (χ2n) is 4.51. The van der Waals surface area contributed by atoms with Crippen molar-refractivity contribution in [1.29, 1.82) is 0 Å². The van der Waals surface area contributed by atoms with Crippen LogP contribution in [0.5, 0.6) is 0 Å². The molecule has 102 valence electrons. The molecule has 2 aromatic rings. The van der Waals surface area contributed by atoms with Gasteiger partial charge in [0.1, 0.15) is 5.76 Å². The summed E-state index contributed by atoms with van der Waals surface area (Å²) in [6.07, 6.45) is 5.89. The van der Waals surface area contributed by atoms with E-state index in [4.69, 9.17) is 4.42 Å². The summed E-state index contributed by atoms with van der Waals surface area (Å²) in [6, 6.07) is 11.7. The van der Waals surface area contributed by atoms with Gasteiger partial charge in [-0.25, -0.2) is 0 Å². The van der Waals surface area contributed by atoms with Crippen molar-refractivity contribution in [3.63, 3.8) is 0 Å². The van der Waals surface area contributed by atoms with E-state index in [2.05, 4.69) is 6.07 Å². The second kappa shape index (κ2) is 6.01. The van der Waals surface area contributed by atoms with Gasteiger partial charge in [-0.3, -0.25) is 4.79 Å². The Labute approximate surface area is 122 Å². The number of thioether (sulfide) groups is 1. The van der Waals surface area contributed by atoms with E-state index in [1.54, 1.807) is 18.4 Å². The largest absolute Gasteiger partial charge is 0.465 e. The van der Waals surface area contributed by atoms with Crippen molar-refractivity contribution in [2.45, 2.75) is 11.3 Å². The number of rotatable bonds is 2. The molecule has 0 bridgehead atoms. The van der Waals surface area contributed by atoms with Gasteiger partial charge in [0.25, 0.3) is 5.91 Å². The van der Waals surface area contributed by atoms with Crippen molar-refractivity contribution in [3.05, 3.63) is 54.5 Å². The molecule has 0 aliphatic carbocycles. The molecule has 0 saturated heterocycles. The van der Waals surface area contributed by atoms with E-state index in [1.807, 2.05) is 47.0 Å². The first-order chi connectivity index (χ1) is 9.84. The van der Waals surface area contributed by atoms with Gasteiger partial charge < -0.3 is 9.32 Å². The number of furan rings is 1. The SMILES string of the molecule is O=C(C=Cc1ccco1)N1CCCSc2ccccc21. The third kappa shape index (κ3) is 2.80. The summed E-state index contributed by atoms with van der Waals surface area (Å²) in [5.41, 5.74) is 1.00. The highest BCUT2D eigenvalue weighted by Crippen LogP contribution is 2.33. The summed E-state index contributed by atoms with van der Waals surface area (Å²) in [5, 5.41) is 0. The first-order valence-corrected chi connectivity index (χ1v) is 7.58. The van der Waals surface area contributed by atoms with Crippen molar-refractivity contribution in [2.24, 2.45) is 0 Å². The van der Waals surface area contributed by atoms with E-state index in [0.29, 0.717) is 5.76 Å². The van der Waals surface area contributed by atoms with Crippen molar-refractivity contribution < 1.29 is 9.21 Å². The van der Waals surface area contributed by atoms with Crippen LogP contribution in [0.25, 0.3) is 6.08 Å². The zero-order chi connectivity index (χ0) is 13.8. The van der Waals surface area contributed by atoms with E-state index < -0.39 is 0 Å². The average molecular weight is 285 g/mol. The Morgan fingerprint density at radius 1 is 1.25 bits per heavy atom. The molecule has 0 unspecified atom stereocenters. The minimum atomic E-state index is -0.00338. The van der Waals surface area contributed by atoms with Gasteiger partial charge in [-0.2, -0.15) is 0 Å². The lowest BCUT2D eigenvalue weighted by atomic mass is 10.2. The molecule has 0 saturated carbocycles. The highest BCUT2D eigenvalue weighted by Gasteiger charge is 2.19. The fourth-order valence-corrected chi connectivity index (χ4v) is 3.18. The number of hydrogen-bond acceptors (Lipinski definition) is 3. The topological polar surface area (TPSA) is 33.5 Å². The molecule has 0 N–H and O–H groups in total. The van der Waals surface area contributed by atoms with Crippen LogP contribution in [0.15, 0.2) is 58.1 Å². The molecule has 0 spiro atoms. The van der Waals surface area contributed by atoms with E-state index in [0.717, 1.165) is 24.4 Å². The van der Waals surface area contributed by atoms with Crippen LogP contribution in [0.2, 0.25) is 0 Å². The molecule has 1 aliphatic rings. The molecule has 1 aromatic carbocycles. The number of hydrogen-bond donors (Lipinski definition) is 0. The molecule has 1 amide bonds. The van der Waals surface area contributed by atoms with E-state index in [-0.39, 0.29) is 5.91 Å². The van der Waals surface area contributed by atoms with Crippen molar-refractivity contribution in [2.75, 3.05) is 17.2 Å². The Kier molecular flexibility index (Phi) is 3.92. The fraction of sp³-hybridized carbons (Fsp3) is 0.188. The summed E-state index contributed by atoms with van der Waals surface area (Å²) in [7, 11) is 0. The predicted molar refractivity (Wildman–Crippen MR) is 81.9 cm³/mol. The molecule has 0 radical (unpaired) electrons. The number of carbonyl (C=O) groups is 1. The lowest BCUT2D eigenvalue weighted by Gasteiger charge is -2.20. The molecule has 4 heteroatoms. The molecule has 0 atom stereocenters. The molecule has 3 nitrogen and oxygen atoms in total. The monoisotopic (exact) mass is 285 g/mol. The van der Waals surface area contributed by atoms with Crippen LogP contribution in [0.1, 0.15) is 12.2 Å².